The lowest BCUT2D eigenvalue weighted by Gasteiger charge is -2.22. The topological polar surface area (TPSA) is 69.6 Å². The van der Waals surface area contributed by atoms with E-state index in [9.17, 15) is 23.5 Å². The highest BCUT2D eigenvalue weighted by Gasteiger charge is 2.47. The Kier molecular flexibility index (Phi) is 4.46. The first-order valence-corrected chi connectivity index (χ1v) is 7.05. The maximum Gasteiger partial charge on any atom is 0.325 e. The highest BCUT2D eigenvalue weighted by atomic mass is 19.2. The third kappa shape index (κ3) is 2.94. The minimum atomic E-state index is -1.28. The van der Waals surface area contributed by atoms with Crippen molar-refractivity contribution >= 4 is 11.9 Å². The molecule has 0 bridgehead atoms. The van der Waals surface area contributed by atoms with Crippen molar-refractivity contribution < 1.29 is 23.5 Å². The van der Waals surface area contributed by atoms with Gasteiger partial charge in [-0.15, -0.1) is 0 Å². The number of aliphatic hydroxyl groups excluding tert-OH is 1. The summed E-state index contributed by atoms with van der Waals surface area (Å²) in [5, 5.41) is 12.7. The number of imide groups is 1. The Bertz CT molecular complexity index is 608. The number of amides is 3. The smallest absolute Gasteiger partial charge is 0.325 e. The summed E-state index contributed by atoms with van der Waals surface area (Å²) in [7, 11) is 0. The Hall–Kier alpha value is -2.02. The maximum atomic E-state index is 13.2. The summed E-state index contributed by atoms with van der Waals surface area (Å²) in [5.74, 6) is -2.55. The van der Waals surface area contributed by atoms with E-state index in [0.717, 1.165) is 17.0 Å². The number of nitrogens with zero attached hydrogens (tertiary/aromatic N) is 1. The Morgan fingerprint density at radius 3 is 2.59 bits per heavy atom. The summed E-state index contributed by atoms with van der Waals surface area (Å²) in [5.41, 5.74) is -0.886. The van der Waals surface area contributed by atoms with Crippen LogP contribution in [0.2, 0.25) is 0 Å². The molecular formula is C15H18F2N2O3. The van der Waals surface area contributed by atoms with Crippen molar-refractivity contribution in [2.24, 2.45) is 0 Å². The van der Waals surface area contributed by atoms with E-state index >= 15 is 0 Å². The maximum absolute atomic E-state index is 13.2. The minimum absolute atomic E-state index is 0.101. The number of hydrogen-bond acceptors (Lipinski definition) is 3. The Morgan fingerprint density at radius 2 is 2.00 bits per heavy atom. The molecule has 1 aromatic carbocycles. The van der Waals surface area contributed by atoms with Gasteiger partial charge >= 0.3 is 6.03 Å². The number of urea groups is 1. The number of halogens is 2. The Labute approximate surface area is 126 Å². The molecule has 120 valence electrons. The molecule has 1 aliphatic rings. The second-order valence-electron chi connectivity index (χ2n) is 5.62. The van der Waals surface area contributed by atoms with E-state index in [1.165, 1.54) is 6.07 Å². The molecule has 2 unspecified atom stereocenters. The lowest BCUT2D eigenvalue weighted by Crippen LogP contribution is -2.44. The van der Waals surface area contributed by atoms with Crippen LogP contribution in [0.3, 0.4) is 0 Å². The van der Waals surface area contributed by atoms with Crippen molar-refractivity contribution in [1.82, 2.24) is 10.2 Å². The second-order valence-corrected chi connectivity index (χ2v) is 5.62. The van der Waals surface area contributed by atoms with Crippen LogP contribution in [0, 0.1) is 11.6 Å². The van der Waals surface area contributed by atoms with E-state index in [4.69, 9.17) is 0 Å². The van der Waals surface area contributed by atoms with Crippen molar-refractivity contribution in [3.05, 3.63) is 35.4 Å². The van der Waals surface area contributed by atoms with Gasteiger partial charge < -0.3 is 10.4 Å². The van der Waals surface area contributed by atoms with Crippen molar-refractivity contribution in [2.75, 3.05) is 6.54 Å². The van der Waals surface area contributed by atoms with Crippen LogP contribution in [-0.4, -0.2) is 34.0 Å². The summed E-state index contributed by atoms with van der Waals surface area (Å²) in [6, 6.07) is 2.36. The van der Waals surface area contributed by atoms with E-state index in [-0.39, 0.29) is 12.1 Å². The number of β-amino-alcohol motifs (C(OH)–C–C–N with tert-alkyl or cyclic N) is 1. The average Bonchev–Trinajstić information content (AvgIpc) is 2.65. The molecule has 0 spiro atoms. The highest BCUT2D eigenvalue weighted by Crippen LogP contribution is 2.25. The summed E-state index contributed by atoms with van der Waals surface area (Å²) >= 11 is 0. The molecule has 3 amide bonds. The molecule has 1 aliphatic heterocycles. The van der Waals surface area contributed by atoms with Crippen LogP contribution in [0.25, 0.3) is 0 Å². The first kappa shape index (κ1) is 16.4. The van der Waals surface area contributed by atoms with Gasteiger partial charge in [-0.2, -0.15) is 0 Å². The molecule has 1 aromatic rings. The Balaban J connectivity index is 2.14. The molecule has 0 radical (unpaired) electrons. The van der Waals surface area contributed by atoms with Crippen molar-refractivity contribution in [2.45, 2.75) is 38.3 Å². The van der Waals surface area contributed by atoms with Crippen LogP contribution in [-0.2, 0) is 4.79 Å². The molecule has 2 rings (SSSR count). The van der Waals surface area contributed by atoms with Gasteiger partial charge in [0.1, 0.15) is 5.54 Å². The first-order valence-electron chi connectivity index (χ1n) is 7.05. The number of benzene rings is 1. The largest absolute Gasteiger partial charge is 0.387 e. The zero-order valence-corrected chi connectivity index (χ0v) is 12.4. The fraction of sp³-hybridized carbons (Fsp3) is 0.467. The Morgan fingerprint density at radius 1 is 1.32 bits per heavy atom. The summed E-state index contributed by atoms with van der Waals surface area (Å²) < 4.78 is 26.1. The predicted octanol–water partition coefficient (Wildman–Crippen LogP) is 2.11. The third-order valence-electron chi connectivity index (χ3n) is 3.78. The molecule has 0 aromatic heterocycles. The third-order valence-corrected chi connectivity index (χ3v) is 3.78. The van der Waals surface area contributed by atoms with E-state index in [1.54, 1.807) is 6.92 Å². The minimum Gasteiger partial charge on any atom is -0.387 e. The average molecular weight is 312 g/mol. The van der Waals surface area contributed by atoms with Crippen LogP contribution in [0.1, 0.15) is 38.4 Å². The lowest BCUT2D eigenvalue weighted by atomic mass is 9.96. The molecule has 1 saturated heterocycles. The number of carbonyl (C=O) groups excluding carboxylic acids is 2. The second kappa shape index (κ2) is 6.00. The van der Waals surface area contributed by atoms with Crippen LogP contribution in [0.4, 0.5) is 13.6 Å². The molecule has 2 N–H and O–H groups in total. The van der Waals surface area contributed by atoms with Crippen LogP contribution >= 0.6 is 0 Å². The standard InChI is InChI=1S/C15H18F2N2O3/c1-3-6-15(2)13(21)19(14(22)18-15)8-12(20)9-4-5-10(16)11(17)7-9/h4-5,7,12,20H,3,6,8H2,1-2H3,(H,18,22). The van der Waals surface area contributed by atoms with Crippen LogP contribution in [0.15, 0.2) is 18.2 Å². The summed E-state index contributed by atoms with van der Waals surface area (Å²) in [6.45, 7) is 3.21. The number of aliphatic hydroxyl groups is 1. The van der Waals surface area contributed by atoms with Crippen LogP contribution in [0.5, 0.6) is 0 Å². The molecule has 0 saturated carbocycles. The first-order chi connectivity index (χ1) is 10.3. The van der Waals surface area contributed by atoms with Crippen molar-refractivity contribution in [3.8, 4) is 0 Å². The fourth-order valence-electron chi connectivity index (χ4n) is 2.58. The lowest BCUT2D eigenvalue weighted by molar-refractivity contribution is -0.132. The van der Waals surface area contributed by atoms with Gasteiger partial charge in [-0.25, -0.2) is 13.6 Å². The number of nitrogens with one attached hydrogen (secondary N) is 1. The highest BCUT2D eigenvalue weighted by molar-refractivity contribution is 6.06. The zero-order valence-electron chi connectivity index (χ0n) is 12.4. The molecule has 7 heteroatoms. The van der Waals surface area contributed by atoms with Gasteiger partial charge in [-0.1, -0.05) is 19.4 Å². The molecule has 5 nitrogen and oxygen atoms in total. The van der Waals surface area contributed by atoms with Gasteiger partial charge in [0.25, 0.3) is 5.91 Å². The summed E-state index contributed by atoms with van der Waals surface area (Å²) in [4.78, 5) is 25.1. The van der Waals surface area contributed by atoms with E-state index in [1.807, 2.05) is 6.92 Å². The molecule has 1 heterocycles. The van der Waals surface area contributed by atoms with Gasteiger partial charge in [-0.05, 0) is 31.0 Å². The summed E-state index contributed by atoms with van der Waals surface area (Å²) in [6.07, 6.45) is -0.0916. The van der Waals surface area contributed by atoms with Crippen LogP contribution < -0.4 is 5.32 Å². The molecule has 22 heavy (non-hydrogen) atoms. The quantitative estimate of drug-likeness (QED) is 0.818. The van der Waals surface area contributed by atoms with Crippen molar-refractivity contribution in [3.63, 3.8) is 0 Å². The van der Waals surface area contributed by atoms with Gasteiger partial charge in [-0.3, -0.25) is 9.69 Å². The van der Waals surface area contributed by atoms with Crippen molar-refractivity contribution in [1.29, 1.82) is 0 Å². The molecule has 2 atom stereocenters. The van der Waals surface area contributed by atoms with Gasteiger partial charge in [0, 0.05) is 0 Å². The van der Waals surface area contributed by atoms with E-state index < -0.39 is 35.2 Å². The SMILES string of the molecule is CCCC1(C)NC(=O)N(CC(O)c2ccc(F)c(F)c2)C1=O. The monoisotopic (exact) mass is 312 g/mol. The number of carbonyl (C=O) groups is 2. The molecule has 0 aliphatic carbocycles. The number of rotatable bonds is 5. The number of hydrogen-bond donors (Lipinski definition) is 2. The van der Waals surface area contributed by atoms with E-state index in [0.29, 0.717) is 12.8 Å². The normalized spacial score (nSPS) is 22.9. The van der Waals surface area contributed by atoms with Gasteiger partial charge in [0.15, 0.2) is 11.6 Å². The molecular weight excluding hydrogens is 294 g/mol. The predicted molar refractivity (Wildman–Crippen MR) is 74.9 cm³/mol. The van der Waals surface area contributed by atoms with E-state index in [2.05, 4.69) is 5.32 Å². The fourth-order valence-corrected chi connectivity index (χ4v) is 2.58. The van der Waals surface area contributed by atoms with Gasteiger partial charge in [0.2, 0.25) is 0 Å². The molecule has 1 fully saturated rings. The van der Waals surface area contributed by atoms with Gasteiger partial charge in [0.05, 0.1) is 12.6 Å². The zero-order chi connectivity index (χ0) is 16.5.